The van der Waals surface area contributed by atoms with Gasteiger partial charge in [-0.25, -0.2) is 18.4 Å². The van der Waals surface area contributed by atoms with Crippen molar-refractivity contribution in [2.75, 3.05) is 31.1 Å². The third kappa shape index (κ3) is 4.50. The molecule has 0 spiro atoms. The SMILES string of the molecule is CC(C)=CCN1CCN(Cc2ccnc(C(C)C)n2)[C@H]2CS(=O)(=O)C[C@H]21. The lowest BCUT2D eigenvalue weighted by Gasteiger charge is -2.43. The fourth-order valence-corrected chi connectivity index (χ4v) is 5.85. The van der Waals surface area contributed by atoms with Crippen LogP contribution in [0.4, 0.5) is 0 Å². The maximum absolute atomic E-state index is 12.3. The van der Waals surface area contributed by atoms with Gasteiger partial charge in [-0.3, -0.25) is 9.80 Å². The fraction of sp³-hybridized carbons (Fsp3) is 0.684. The monoisotopic (exact) mass is 378 g/mol. The van der Waals surface area contributed by atoms with Gasteiger partial charge in [0.2, 0.25) is 0 Å². The van der Waals surface area contributed by atoms with Crippen LogP contribution in [0, 0.1) is 0 Å². The first-order chi connectivity index (χ1) is 12.2. The second kappa shape index (κ2) is 7.74. The first-order valence-corrected chi connectivity index (χ1v) is 11.2. The van der Waals surface area contributed by atoms with Gasteiger partial charge in [0.05, 0.1) is 17.2 Å². The number of nitrogens with zero attached hydrogens (tertiary/aromatic N) is 4. The van der Waals surface area contributed by atoms with Gasteiger partial charge >= 0.3 is 0 Å². The highest BCUT2D eigenvalue weighted by atomic mass is 32.2. The molecule has 0 radical (unpaired) electrons. The molecule has 0 amide bonds. The molecule has 0 bridgehead atoms. The Morgan fingerprint density at radius 3 is 2.54 bits per heavy atom. The van der Waals surface area contributed by atoms with Crippen LogP contribution in [0.1, 0.15) is 45.1 Å². The van der Waals surface area contributed by atoms with E-state index in [0.717, 1.165) is 31.2 Å². The van der Waals surface area contributed by atoms with Gasteiger partial charge in [-0.1, -0.05) is 25.5 Å². The molecule has 2 aliphatic heterocycles. The van der Waals surface area contributed by atoms with Gasteiger partial charge in [-0.2, -0.15) is 0 Å². The average Bonchev–Trinajstić information content (AvgIpc) is 2.90. The summed E-state index contributed by atoms with van der Waals surface area (Å²) in [6, 6.07) is 2.08. The minimum Gasteiger partial charge on any atom is -0.293 e. The minimum atomic E-state index is -2.98. The van der Waals surface area contributed by atoms with Crippen LogP contribution in [-0.2, 0) is 16.4 Å². The normalized spacial score (nSPS) is 26.0. The molecular formula is C19H30N4O2S. The van der Waals surface area contributed by atoms with Crippen LogP contribution in [0.15, 0.2) is 23.9 Å². The summed E-state index contributed by atoms with van der Waals surface area (Å²) in [6.07, 6.45) is 4.00. The van der Waals surface area contributed by atoms with Gasteiger partial charge in [0.25, 0.3) is 0 Å². The summed E-state index contributed by atoms with van der Waals surface area (Å²) < 4.78 is 24.7. The van der Waals surface area contributed by atoms with Crippen molar-refractivity contribution in [3.63, 3.8) is 0 Å². The minimum absolute atomic E-state index is 0.0526. The zero-order valence-corrected chi connectivity index (χ0v) is 17.0. The van der Waals surface area contributed by atoms with Crippen molar-refractivity contribution in [3.8, 4) is 0 Å². The molecule has 26 heavy (non-hydrogen) atoms. The summed E-state index contributed by atoms with van der Waals surface area (Å²) in [4.78, 5) is 13.6. The smallest absolute Gasteiger partial charge is 0.153 e. The Labute approximate surface area is 157 Å². The number of aromatic nitrogens is 2. The molecule has 144 valence electrons. The van der Waals surface area contributed by atoms with Crippen LogP contribution < -0.4 is 0 Å². The van der Waals surface area contributed by atoms with Gasteiger partial charge in [-0.05, 0) is 19.9 Å². The van der Waals surface area contributed by atoms with Crippen LogP contribution in [0.5, 0.6) is 0 Å². The highest BCUT2D eigenvalue weighted by Gasteiger charge is 2.46. The van der Waals surface area contributed by atoms with Crippen molar-refractivity contribution in [2.45, 2.75) is 52.2 Å². The number of rotatable bonds is 5. The number of allylic oxidation sites excluding steroid dienone is 1. The summed E-state index contributed by atoms with van der Waals surface area (Å²) in [6.45, 7) is 11.6. The molecule has 3 rings (SSSR count). The van der Waals surface area contributed by atoms with Crippen molar-refractivity contribution in [1.29, 1.82) is 0 Å². The molecule has 1 aromatic rings. The molecule has 0 aromatic carbocycles. The maximum Gasteiger partial charge on any atom is 0.153 e. The molecule has 0 aliphatic carbocycles. The Kier molecular flexibility index (Phi) is 5.79. The third-order valence-electron chi connectivity index (χ3n) is 5.25. The van der Waals surface area contributed by atoms with E-state index >= 15 is 0 Å². The Morgan fingerprint density at radius 1 is 1.23 bits per heavy atom. The largest absolute Gasteiger partial charge is 0.293 e. The highest BCUT2D eigenvalue weighted by Crippen LogP contribution is 2.28. The molecule has 2 saturated heterocycles. The van der Waals surface area contributed by atoms with Crippen LogP contribution >= 0.6 is 0 Å². The summed E-state index contributed by atoms with van der Waals surface area (Å²) in [7, 11) is -2.98. The Bertz CT molecular complexity index is 771. The standard InChI is InChI=1S/C19H30N4O2S/c1-14(2)6-8-22-9-10-23(18-13-26(24,25)12-17(18)22)11-16-5-7-20-19(21-16)15(3)4/h5-7,15,17-18H,8-13H2,1-4H3/t17-,18+/m1/s1. The van der Waals surface area contributed by atoms with Crippen LogP contribution in [-0.4, -0.2) is 71.4 Å². The quantitative estimate of drug-likeness (QED) is 0.729. The molecule has 2 fully saturated rings. The molecule has 0 saturated carbocycles. The molecule has 2 aliphatic rings. The van der Waals surface area contributed by atoms with Gasteiger partial charge in [0, 0.05) is 50.4 Å². The average molecular weight is 379 g/mol. The second-order valence-electron chi connectivity index (χ2n) is 8.02. The number of hydrogen-bond acceptors (Lipinski definition) is 6. The van der Waals surface area contributed by atoms with Crippen LogP contribution in [0.25, 0.3) is 0 Å². The van der Waals surface area contributed by atoms with Crippen LogP contribution in [0.2, 0.25) is 0 Å². The van der Waals surface area contributed by atoms with E-state index in [0.29, 0.717) is 6.54 Å². The first-order valence-electron chi connectivity index (χ1n) is 9.39. The Morgan fingerprint density at radius 2 is 1.88 bits per heavy atom. The predicted octanol–water partition coefficient (Wildman–Crippen LogP) is 1.85. The van der Waals surface area contributed by atoms with E-state index in [-0.39, 0.29) is 29.5 Å². The lowest BCUT2D eigenvalue weighted by molar-refractivity contribution is 0.0469. The first kappa shape index (κ1) is 19.5. The molecule has 3 heterocycles. The fourth-order valence-electron chi connectivity index (χ4n) is 3.81. The van der Waals surface area contributed by atoms with Gasteiger partial charge in [0.15, 0.2) is 9.84 Å². The van der Waals surface area contributed by atoms with Crippen molar-refractivity contribution < 1.29 is 8.42 Å². The maximum atomic E-state index is 12.3. The number of fused-ring (bicyclic) bond motifs is 1. The van der Waals surface area contributed by atoms with Crippen LogP contribution in [0.3, 0.4) is 0 Å². The van der Waals surface area contributed by atoms with Gasteiger partial charge in [0.1, 0.15) is 5.82 Å². The topological polar surface area (TPSA) is 66.4 Å². The molecule has 0 unspecified atom stereocenters. The van der Waals surface area contributed by atoms with Crippen molar-refractivity contribution in [2.24, 2.45) is 0 Å². The second-order valence-corrected chi connectivity index (χ2v) is 10.2. The number of sulfone groups is 1. The Balaban J connectivity index is 1.77. The molecular weight excluding hydrogens is 348 g/mol. The summed E-state index contributed by atoms with van der Waals surface area (Å²) >= 11 is 0. The molecule has 1 aromatic heterocycles. The summed E-state index contributed by atoms with van der Waals surface area (Å²) in [5.74, 6) is 1.66. The molecule has 6 nitrogen and oxygen atoms in total. The van der Waals surface area contributed by atoms with Crippen molar-refractivity contribution >= 4 is 9.84 Å². The zero-order valence-electron chi connectivity index (χ0n) is 16.2. The van der Waals surface area contributed by atoms with E-state index in [9.17, 15) is 8.42 Å². The Hall–Kier alpha value is -1.31. The number of hydrogen-bond donors (Lipinski definition) is 0. The lowest BCUT2D eigenvalue weighted by Crippen LogP contribution is -2.58. The van der Waals surface area contributed by atoms with E-state index < -0.39 is 9.84 Å². The number of piperazine rings is 1. The van der Waals surface area contributed by atoms with Gasteiger partial charge < -0.3 is 0 Å². The molecule has 0 N–H and O–H groups in total. The van der Waals surface area contributed by atoms with E-state index in [1.54, 1.807) is 0 Å². The van der Waals surface area contributed by atoms with Gasteiger partial charge in [-0.15, -0.1) is 0 Å². The van der Waals surface area contributed by atoms with E-state index in [1.807, 2.05) is 12.3 Å². The lowest BCUT2D eigenvalue weighted by atomic mass is 10.0. The predicted molar refractivity (Wildman–Crippen MR) is 104 cm³/mol. The van der Waals surface area contributed by atoms with E-state index in [2.05, 4.69) is 53.5 Å². The highest BCUT2D eigenvalue weighted by molar-refractivity contribution is 7.91. The molecule has 2 atom stereocenters. The van der Waals surface area contributed by atoms with E-state index in [4.69, 9.17) is 0 Å². The van der Waals surface area contributed by atoms with Crippen molar-refractivity contribution in [1.82, 2.24) is 19.8 Å². The summed E-state index contributed by atoms with van der Waals surface area (Å²) in [5.41, 5.74) is 2.25. The third-order valence-corrected chi connectivity index (χ3v) is 6.95. The van der Waals surface area contributed by atoms with Crippen molar-refractivity contribution in [3.05, 3.63) is 35.4 Å². The summed E-state index contributed by atoms with van der Waals surface area (Å²) in [5, 5.41) is 0. The molecule has 7 heteroatoms. The van der Waals surface area contributed by atoms with E-state index in [1.165, 1.54) is 5.57 Å². The zero-order chi connectivity index (χ0) is 18.9.